The molecule has 0 aliphatic rings. The van der Waals surface area contributed by atoms with Crippen LogP contribution in [0.2, 0.25) is 0 Å². The number of hydrogen-bond donors (Lipinski definition) is 0. The van der Waals surface area contributed by atoms with E-state index in [9.17, 15) is 9.18 Å². The van der Waals surface area contributed by atoms with E-state index in [1.807, 2.05) is 0 Å². The van der Waals surface area contributed by atoms with Crippen molar-refractivity contribution in [1.82, 2.24) is 0 Å². The van der Waals surface area contributed by atoms with Crippen molar-refractivity contribution in [2.75, 3.05) is 7.11 Å². The topological polar surface area (TPSA) is 26.3 Å². The lowest BCUT2D eigenvalue weighted by Crippen LogP contribution is -2.10. The van der Waals surface area contributed by atoms with Crippen molar-refractivity contribution in [3.05, 3.63) is 29.6 Å². The molecule has 2 nitrogen and oxygen atoms in total. The molecule has 0 heterocycles. The molecule has 1 aromatic carbocycles. The third-order valence-electron chi connectivity index (χ3n) is 1.53. The Morgan fingerprint density at radius 3 is 2.83 bits per heavy atom. The van der Waals surface area contributed by atoms with Crippen LogP contribution in [0, 0.1) is 5.82 Å². The minimum atomic E-state index is -0.642. The molecule has 1 rings (SSSR count). The van der Waals surface area contributed by atoms with Crippen molar-refractivity contribution in [1.29, 1.82) is 0 Å². The maximum atomic E-state index is 12.9. The van der Waals surface area contributed by atoms with Gasteiger partial charge in [0.1, 0.15) is 13.7 Å². The van der Waals surface area contributed by atoms with Crippen LogP contribution >= 0.6 is 0 Å². The van der Waals surface area contributed by atoms with Crippen LogP contribution in [0.1, 0.15) is 10.4 Å². The van der Waals surface area contributed by atoms with Gasteiger partial charge in [0.05, 0.1) is 12.7 Å². The lowest BCUT2D eigenvalue weighted by atomic mass is 9.94. The van der Waals surface area contributed by atoms with Crippen molar-refractivity contribution in [3.63, 3.8) is 0 Å². The average molecular weight is 166 g/mol. The average Bonchev–Trinajstić information content (AvgIpc) is 2.08. The summed E-state index contributed by atoms with van der Waals surface area (Å²) in [5.74, 6) is -1.19. The molecule has 0 spiro atoms. The minimum Gasteiger partial charge on any atom is -0.465 e. The van der Waals surface area contributed by atoms with Crippen molar-refractivity contribution < 1.29 is 13.9 Å². The zero-order chi connectivity index (χ0) is 9.14. The van der Waals surface area contributed by atoms with E-state index in [2.05, 4.69) is 4.74 Å². The Morgan fingerprint density at radius 2 is 2.25 bits per heavy atom. The van der Waals surface area contributed by atoms with Gasteiger partial charge in [-0.1, -0.05) is 17.6 Å². The third kappa shape index (κ3) is 1.64. The molecule has 0 atom stereocenters. The summed E-state index contributed by atoms with van der Waals surface area (Å²) in [7, 11) is 3.01. The van der Waals surface area contributed by atoms with Crippen LogP contribution in [-0.2, 0) is 4.74 Å². The lowest BCUT2D eigenvalue weighted by molar-refractivity contribution is 0.0595. The first kappa shape index (κ1) is 8.78. The number of benzene rings is 1. The molecule has 62 valence electrons. The Hall–Kier alpha value is -1.32. The summed E-state index contributed by atoms with van der Waals surface area (Å²) >= 11 is 0. The molecule has 0 aliphatic carbocycles. The number of ether oxygens (including phenoxy) is 1. The fourth-order valence-corrected chi connectivity index (χ4v) is 0.905. The van der Waals surface area contributed by atoms with E-state index < -0.39 is 11.8 Å². The van der Waals surface area contributed by atoms with Crippen molar-refractivity contribution in [3.8, 4) is 0 Å². The second kappa shape index (κ2) is 3.39. The van der Waals surface area contributed by atoms with Gasteiger partial charge in [0.2, 0.25) is 0 Å². The Labute approximate surface area is 70.8 Å². The van der Waals surface area contributed by atoms with Gasteiger partial charge in [-0.3, -0.25) is 0 Å². The smallest absolute Gasteiger partial charge is 0.340 e. The molecule has 0 saturated heterocycles. The molecular formula is C8H8BFO2. The molecule has 0 fully saturated rings. The molecule has 1 aromatic rings. The van der Waals surface area contributed by atoms with Crippen molar-refractivity contribution in [2.24, 2.45) is 0 Å². The highest BCUT2D eigenvalue weighted by atomic mass is 19.1. The normalized spacial score (nSPS) is 9.50. The molecular weight excluding hydrogens is 158 g/mol. The molecule has 0 radical (unpaired) electrons. The number of hydrogen-bond acceptors (Lipinski definition) is 2. The van der Waals surface area contributed by atoms with Crippen molar-refractivity contribution in [2.45, 2.75) is 0 Å². The third-order valence-corrected chi connectivity index (χ3v) is 1.53. The van der Waals surface area contributed by atoms with Gasteiger partial charge in [0, 0.05) is 0 Å². The highest BCUT2D eigenvalue weighted by Crippen LogP contribution is 2.05. The summed E-state index contributed by atoms with van der Waals surface area (Å²) in [6, 6.07) is 4.31. The first-order valence-corrected chi connectivity index (χ1v) is 3.49. The largest absolute Gasteiger partial charge is 0.465 e. The number of carbonyl (C=O) groups is 1. The van der Waals surface area contributed by atoms with Gasteiger partial charge in [0.25, 0.3) is 0 Å². The zero-order valence-electron chi connectivity index (χ0n) is 6.93. The molecule has 0 unspecified atom stereocenters. The molecule has 0 saturated carbocycles. The summed E-state index contributed by atoms with van der Waals surface area (Å²) < 4.78 is 17.3. The number of carbonyl (C=O) groups excluding carboxylic acids is 1. The standard InChI is InChI=1S/C8H8BFO2/c1-12-8(11)6-4-5(9)2-3-7(6)10/h2-4H,9H2,1H3. The summed E-state index contributed by atoms with van der Waals surface area (Å²) in [4.78, 5) is 10.9. The van der Waals surface area contributed by atoms with Gasteiger partial charge in [-0.2, -0.15) is 0 Å². The minimum absolute atomic E-state index is 0.0162. The van der Waals surface area contributed by atoms with E-state index in [-0.39, 0.29) is 5.56 Å². The highest BCUT2D eigenvalue weighted by molar-refractivity contribution is 6.32. The first-order valence-electron chi connectivity index (χ1n) is 3.49. The molecule has 0 bridgehead atoms. The predicted octanol–water partition coefficient (Wildman–Crippen LogP) is -0.129. The SMILES string of the molecule is Bc1ccc(F)c(C(=O)OC)c1. The van der Waals surface area contributed by atoms with Crippen LogP contribution in [0.4, 0.5) is 4.39 Å². The fourth-order valence-electron chi connectivity index (χ4n) is 0.905. The van der Waals surface area contributed by atoms with Crippen LogP contribution in [0.15, 0.2) is 18.2 Å². The van der Waals surface area contributed by atoms with Gasteiger partial charge < -0.3 is 4.74 Å². The van der Waals surface area contributed by atoms with Gasteiger partial charge in [-0.25, -0.2) is 9.18 Å². The number of esters is 1. The number of rotatable bonds is 1. The van der Waals surface area contributed by atoms with Crippen LogP contribution in [0.3, 0.4) is 0 Å². The van der Waals surface area contributed by atoms with Gasteiger partial charge in [-0.15, -0.1) is 0 Å². The van der Waals surface area contributed by atoms with E-state index in [0.717, 1.165) is 5.46 Å². The summed E-state index contributed by atoms with van der Waals surface area (Å²) in [5.41, 5.74) is 0.814. The van der Waals surface area contributed by atoms with Crippen molar-refractivity contribution >= 4 is 19.3 Å². The summed E-state index contributed by atoms with van der Waals surface area (Å²) in [6.45, 7) is 0. The molecule has 4 heteroatoms. The molecule has 0 aliphatic heterocycles. The number of halogens is 1. The Morgan fingerprint density at radius 1 is 1.58 bits per heavy atom. The zero-order valence-corrected chi connectivity index (χ0v) is 6.93. The van der Waals surface area contributed by atoms with E-state index >= 15 is 0 Å². The van der Waals surface area contributed by atoms with E-state index in [4.69, 9.17) is 0 Å². The Balaban J connectivity index is 3.13. The second-order valence-electron chi connectivity index (χ2n) is 2.47. The maximum absolute atomic E-state index is 12.9. The van der Waals surface area contributed by atoms with Crippen LogP contribution in [-0.4, -0.2) is 20.9 Å². The molecule has 0 amide bonds. The van der Waals surface area contributed by atoms with E-state index in [1.54, 1.807) is 13.9 Å². The van der Waals surface area contributed by atoms with Crippen LogP contribution in [0.5, 0.6) is 0 Å². The second-order valence-corrected chi connectivity index (χ2v) is 2.47. The van der Waals surface area contributed by atoms with Gasteiger partial charge >= 0.3 is 5.97 Å². The molecule has 12 heavy (non-hydrogen) atoms. The van der Waals surface area contributed by atoms with Gasteiger partial charge in [-0.05, 0) is 6.07 Å². The highest BCUT2D eigenvalue weighted by Gasteiger charge is 2.10. The van der Waals surface area contributed by atoms with Crippen LogP contribution < -0.4 is 5.46 Å². The fraction of sp³-hybridized carbons (Fsp3) is 0.125. The lowest BCUT2D eigenvalue weighted by Gasteiger charge is -2.01. The Kier molecular flexibility index (Phi) is 2.48. The van der Waals surface area contributed by atoms with E-state index in [0.29, 0.717) is 0 Å². The van der Waals surface area contributed by atoms with Crippen LogP contribution in [0.25, 0.3) is 0 Å². The monoisotopic (exact) mass is 166 g/mol. The first-order chi connectivity index (χ1) is 5.65. The maximum Gasteiger partial charge on any atom is 0.340 e. The quantitative estimate of drug-likeness (QED) is 0.429. The molecule has 0 N–H and O–H groups in total. The summed E-state index contributed by atoms with van der Waals surface area (Å²) in [5, 5.41) is 0. The van der Waals surface area contributed by atoms with Gasteiger partial charge in [0.15, 0.2) is 0 Å². The molecule has 0 aromatic heterocycles. The number of methoxy groups -OCH3 is 1. The van der Waals surface area contributed by atoms with E-state index in [1.165, 1.54) is 19.2 Å². The summed E-state index contributed by atoms with van der Waals surface area (Å²) in [6.07, 6.45) is 0. The predicted molar refractivity (Wildman–Crippen MR) is 45.9 cm³/mol. The Bertz CT molecular complexity index is 312.